The Hall–Kier alpha value is -6.29. The van der Waals surface area contributed by atoms with Crippen LogP contribution in [0.5, 0.6) is 11.5 Å². The number of sulfonamides is 1. The van der Waals surface area contributed by atoms with E-state index in [9.17, 15) is 23.3 Å². The molecule has 63 heavy (non-hydrogen) atoms. The number of pyridine rings is 1. The predicted molar refractivity (Wildman–Crippen MR) is 243 cm³/mol. The molecule has 14 nitrogen and oxygen atoms in total. The van der Waals surface area contributed by atoms with Crippen LogP contribution in [0.15, 0.2) is 114 Å². The number of piperidine rings is 1. The summed E-state index contributed by atoms with van der Waals surface area (Å²) in [6, 6.07) is 29.8. The lowest BCUT2D eigenvalue weighted by molar-refractivity contribution is -0.384. The number of carbonyl (C=O) groups is 1. The van der Waals surface area contributed by atoms with Crippen molar-refractivity contribution in [3.8, 4) is 22.6 Å². The van der Waals surface area contributed by atoms with Crippen molar-refractivity contribution in [1.82, 2.24) is 19.6 Å². The van der Waals surface area contributed by atoms with Gasteiger partial charge in [-0.15, -0.1) is 0 Å². The lowest BCUT2D eigenvalue weighted by Gasteiger charge is -2.34. The quantitative estimate of drug-likeness (QED) is 0.0747. The molecule has 3 N–H and O–H groups in total. The third-order valence-electron chi connectivity index (χ3n) is 12.7. The molecule has 0 bridgehead atoms. The second-order valence-electron chi connectivity index (χ2n) is 16.8. The molecule has 3 aliphatic heterocycles. The van der Waals surface area contributed by atoms with Crippen LogP contribution in [0.25, 0.3) is 22.2 Å². The van der Waals surface area contributed by atoms with Gasteiger partial charge in [-0.2, -0.15) is 0 Å². The maximum atomic E-state index is 14.0. The molecule has 3 saturated heterocycles. The second-order valence-corrected chi connectivity index (χ2v) is 18.5. The van der Waals surface area contributed by atoms with Gasteiger partial charge in [0.05, 0.1) is 27.6 Å². The van der Waals surface area contributed by atoms with Gasteiger partial charge in [-0.05, 0) is 135 Å². The number of hydrogen-bond acceptors (Lipinski definition) is 11. The van der Waals surface area contributed by atoms with Crippen LogP contribution >= 0.6 is 0 Å². The fourth-order valence-electron chi connectivity index (χ4n) is 9.35. The molecule has 0 radical (unpaired) electrons. The number of ether oxygens (including phenoxy) is 2. The Morgan fingerprint density at radius 1 is 0.921 bits per heavy atom. The summed E-state index contributed by atoms with van der Waals surface area (Å²) in [4.78, 5) is 37.4. The number of aromatic amines is 1. The third-order valence-corrected chi connectivity index (χ3v) is 14.0. The highest BCUT2D eigenvalue weighted by Gasteiger charge is 2.31. The molecular weight excluding hydrogens is 819 g/mol. The van der Waals surface area contributed by atoms with E-state index in [0.717, 1.165) is 73.6 Å². The van der Waals surface area contributed by atoms with Crippen LogP contribution in [0.1, 0.15) is 72.0 Å². The summed E-state index contributed by atoms with van der Waals surface area (Å²) in [6.07, 6.45) is 9.52. The molecular formula is C48H51N7O7S. The summed E-state index contributed by atoms with van der Waals surface area (Å²) in [6.45, 7) is 4.91. The average molecular weight is 870 g/mol. The smallest absolute Gasteiger partial charge is 0.293 e. The zero-order valence-corrected chi connectivity index (χ0v) is 36.0. The second kappa shape index (κ2) is 18.2. The number of likely N-dealkylation sites (N-methyl/N-ethyl adjacent to an activating group) is 1. The van der Waals surface area contributed by atoms with Crippen molar-refractivity contribution >= 4 is 44.0 Å². The van der Waals surface area contributed by atoms with E-state index in [1.54, 1.807) is 24.4 Å². The molecule has 2 aromatic heterocycles. The number of hydrogen-bond donors (Lipinski definition) is 3. The molecule has 0 aliphatic carbocycles. The summed E-state index contributed by atoms with van der Waals surface area (Å²) in [5, 5.41) is 16.0. The lowest BCUT2D eigenvalue weighted by Crippen LogP contribution is -2.32. The molecule has 1 amide bonds. The maximum absolute atomic E-state index is 14.0. The molecule has 4 aromatic carbocycles. The number of amides is 1. The van der Waals surface area contributed by atoms with Gasteiger partial charge in [0.25, 0.3) is 21.6 Å². The van der Waals surface area contributed by atoms with Crippen LogP contribution in [0.4, 0.5) is 17.1 Å². The van der Waals surface area contributed by atoms with Gasteiger partial charge in [0.2, 0.25) is 0 Å². The molecule has 326 valence electrons. The van der Waals surface area contributed by atoms with Crippen LogP contribution in [0.2, 0.25) is 0 Å². The van der Waals surface area contributed by atoms with Crippen molar-refractivity contribution in [2.75, 3.05) is 56.7 Å². The van der Waals surface area contributed by atoms with E-state index in [1.807, 2.05) is 6.07 Å². The fourth-order valence-corrected chi connectivity index (χ4v) is 10.3. The van der Waals surface area contributed by atoms with Gasteiger partial charge in [0, 0.05) is 56.2 Å². The summed E-state index contributed by atoms with van der Waals surface area (Å²) < 4.78 is 41.2. The van der Waals surface area contributed by atoms with E-state index in [4.69, 9.17) is 9.47 Å². The first-order chi connectivity index (χ1) is 30.6. The number of nitrogens with one attached hydrogen (secondary N) is 3. The van der Waals surface area contributed by atoms with Crippen molar-refractivity contribution in [2.24, 2.45) is 5.92 Å². The first-order valence-corrected chi connectivity index (χ1v) is 23.1. The highest BCUT2D eigenvalue weighted by molar-refractivity contribution is 7.90. The number of nitrogens with zero attached hydrogens (tertiary/aromatic N) is 4. The Morgan fingerprint density at radius 2 is 1.70 bits per heavy atom. The molecule has 1 unspecified atom stereocenters. The summed E-state index contributed by atoms with van der Waals surface area (Å²) in [5.74, 6) is 0.270. The zero-order valence-electron chi connectivity index (χ0n) is 35.2. The number of nitro benzene ring substituents is 1. The Bertz CT molecular complexity index is 2740. The monoisotopic (exact) mass is 869 g/mol. The van der Waals surface area contributed by atoms with E-state index in [-0.39, 0.29) is 29.0 Å². The van der Waals surface area contributed by atoms with Gasteiger partial charge in [-0.3, -0.25) is 14.9 Å². The molecule has 2 atom stereocenters. The average Bonchev–Trinajstić information content (AvgIpc) is 3.99. The Kier molecular flexibility index (Phi) is 12.1. The highest BCUT2D eigenvalue weighted by Crippen LogP contribution is 2.42. The number of nitro groups is 1. The number of H-pyrrole nitrogens is 1. The summed E-state index contributed by atoms with van der Waals surface area (Å²) in [7, 11) is -2.35. The predicted octanol–water partition coefficient (Wildman–Crippen LogP) is 9.04. The molecule has 15 heteroatoms. The summed E-state index contributed by atoms with van der Waals surface area (Å²) in [5.41, 5.74) is 6.00. The summed E-state index contributed by atoms with van der Waals surface area (Å²) >= 11 is 0. The largest absolute Gasteiger partial charge is 0.455 e. The standard InChI is InChI=1S/C48H51N7O7S/c1-53-22-4-6-36(31-53)40-7-2-3-8-41(40)44-9-5-23-54(44)37-13-10-33(11-14-37)34-12-16-42(46(27-34)62-38-26-35-18-21-49-47(35)51-30-38)48(56)52-63(59,60)39-15-17-43(45(28-39)55(57)58)50-29-32-19-24-61-25-20-32/h2-3,7-8,10-18,21,26-28,30,32,36,44,50H,4-6,9,19-20,22-25,29,31H2,1H3,(H,49,51)(H,52,56)/t36?,44-/m0/s1. The first-order valence-electron chi connectivity index (χ1n) is 21.7. The van der Waals surface area contributed by atoms with Gasteiger partial charge in [0.1, 0.15) is 22.8 Å². The van der Waals surface area contributed by atoms with Crippen LogP contribution in [-0.4, -0.2) is 80.6 Å². The fraction of sp³-hybridized carbons (Fsp3) is 0.333. The molecule has 9 rings (SSSR count). The van der Waals surface area contributed by atoms with Crippen molar-refractivity contribution < 1.29 is 27.6 Å². The van der Waals surface area contributed by atoms with E-state index < -0.39 is 31.4 Å². The third kappa shape index (κ3) is 9.26. The zero-order chi connectivity index (χ0) is 43.5. The number of benzene rings is 4. The molecule has 0 saturated carbocycles. The molecule has 3 aliphatic rings. The first kappa shape index (κ1) is 42.0. The Balaban J connectivity index is 0.974. The molecule has 6 aromatic rings. The highest BCUT2D eigenvalue weighted by atomic mass is 32.2. The van der Waals surface area contributed by atoms with E-state index in [1.165, 1.54) is 48.4 Å². The minimum atomic E-state index is -4.57. The van der Waals surface area contributed by atoms with Gasteiger partial charge >= 0.3 is 0 Å². The van der Waals surface area contributed by atoms with Crippen LogP contribution in [0, 0.1) is 16.0 Å². The van der Waals surface area contributed by atoms with Gasteiger partial charge in [-0.25, -0.2) is 18.1 Å². The van der Waals surface area contributed by atoms with E-state index in [2.05, 4.69) is 85.4 Å². The van der Waals surface area contributed by atoms with Crippen LogP contribution < -0.4 is 19.7 Å². The van der Waals surface area contributed by atoms with Gasteiger partial charge < -0.3 is 29.6 Å². The SMILES string of the molecule is CN1CCCC(c2ccccc2[C@@H]2CCCN2c2ccc(-c3ccc(C(=O)NS(=O)(=O)c4ccc(NCC5CCOCC5)c([N+](=O)[O-])c4)c(Oc4cnc5[nH]ccc5c4)c3)cc2)C1. The van der Waals surface area contributed by atoms with Crippen LogP contribution in [-0.2, 0) is 14.8 Å². The van der Waals surface area contributed by atoms with Gasteiger partial charge in [0.15, 0.2) is 0 Å². The molecule has 3 fully saturated rings. The normalized spacial score (nSPS) is 18.7. The Labute approximate surface area is 366 Å². The lowest BCUT2D eigenvalue weighted by atomic mass is 9.85. The maximum Gasteiger partial charge on any atom is 0.293 e. The minimum absolute atomic E-state index is 0.0555. The van der Waals surface area contributed by atoms with Gasteiger partial charge in [-0.1, -0.05) is 42.5 Å². The number of likely N-dealkylation sites (tertiary alicyclic amines) is 1. The molecule has 0 spiro atoms. The number of fused-ring (bicyclic) bond motifs is 1. The number of rotatable bonds is 13. The van der Waals surface area contributed by atoms with Crippen molar-refractivity contribution in [2.45, 2.75) is 55.4 Å². The van der Waals surface area contributed by atoms with E-state index >= 15 is 0 Å². The number of carbonyl (C=O) groups excluding carboxylic acids is 1. The number of anilines is 2. The molecule has 5 heterocycles. The van der Waals surface area contributed by atoms with Crippen LogP contribution in [0.3, 0.4) is 0 Å². The van der Waals surface area contributed by atoms with Crippen molar-refractivity contribution in [3.63, 3.8) is 0 Å². The van der Waals surface area contributed by atoms with Crippen molar-refractivity contribution in [3.05, 3.63) is 136 Å². The minimum Gasteiger partial charge on any atom is -0.455 e. The van der Waals surface area contributed by atoms with E-state index in [0.29, 0.717) is 37.1 Å². The number of aromatic nitrogens is 2. The Morgan fingerprint density at radius 3 is 2.49 bits per heavy atom. The van der Waals surface area contributed by atoms with Crippen molar-refractivity contribution in [1.29, 1.82) is 0 Å². The topological polar surface area (TPSA) is 172 Å².